The molecule has 1 saturated heterocycles. The molecule has 2 rings (SSSR count). The van der Waals surface area contributed by atoms with Crippen molar-refractivity contribution in [2.24, 2.45) is 17.8 Å². The molecule has 1 saturated carbocycles. The molecule has 0 spiro atoms. The van der Waals surface area contributed by atoms with Crippen molar-refractivity contribution in [3.8, 4) is 0 Å². The first-order valence-electron chi connectivity index (χ1n) is 9.43. The monoisotopic (exact) mass is 294 g/mol. The molecule has 2 heteroatoms. The van der Waals surface area contributed by atoms with Crippen LogP contribution in [0.25, 0.3) is 0 Å². The summed E-state index contributed by atoms with van der Waals surface area (Å²) >= 11 is 0. The number of likely N-dealkylation sites (tertiary alicyclic amines) is 1. The SMILES string of the molecule is C[C@@H]1C[C@H](CCCCCCN(C)C)[C@H]2CCCN(C)[C@@H]2C1. The van der Waals surface area contributed by atoms with Gasteiger partial charge in [0, 0.05) is 6.04 Å². The van der Waals surface area contributed by atoms with Gasteiger partial charge in [0.15, 0.2) is 0 Å². The van der Waals surface area contributed by atoms with Crippen LogP contribution in [0.15, 0.2) is 0 Å². The molecule has 1 heterocycles. The number of rotatable bonds is 7. The Hall–Kier alpha value is -0.0800. The van der Waals surface area contributed by atoms with Crippen LogP contribution in [0.2, 0.25) is 0 Å². The van der Waals surface area contributed by atoms with Gasteiger partial charge in [-0.05, 0) is 84.1 Å². The van der Waals surface area contributed by atoms with Crippen LogP contribution < -0.4 is 0 Å². The minimum atomic E-state index is 0.904. The zero-order chi connectivity index (χ0) is 15.2. The maximum absolute atomic E-state index is 2.67. The van der Waals surface area contributed by atoms with E-state index in [1.165, 1.54) is 70.9 Å². The molecule has 124 valence electrons. The first-order valence-corrected chi connectivity index (χ1v) is 9.43. The quantitative estimate of drug-likeness (QED) is 0.648. The second-order valence-electron chi connectivity index (χ2n) is 8.20. The number of fused-ring (bicyclic) bond motifs is 1. The second kappa shape index (κ2) is 8.53. The van der Waals surface area contributed by atoms with Gasteiger partial charge in [-0.2, -0.15) is 0 Å². The second-order valence-corrected chi connectivity index (χ2v) is 8.20. The molecule has 0 bridgehead atoms. The van der Waals surface area contributed by atoms with E-state index in [1.54, 1.807) is 0 Å². The van der Waals surface area contributed by atoms with E-state index in [0.29, 0.717) is 0 Å². The summed E-state index contributed by atoms with van der Waals surface area (Å²) in [5.41, 5.74) is 0. The Morgan fingerprint density at radius 1 is 1.05 bits per heavy atom. The molecule has 0 amide bonds. The highest BCUT2D eigenvalue weighted by molar-refractivity contribution is 4.92. The molecule has 0 radical (unpaired) electrons. The lowest BCUT2D eigenvalue weighted by Gasteiger charge is -2.48. The van der Waals surface area contributed by atoms with Crippen LogP contribution >= 0.6 is 0 Å². The van der Waals surface area contributed by atoms with Crippen LogP contribution in [0.5, 0.6) is 0 Å². The molecular formula is C19H38N2. The van der Waals surface area contributed by atoms with Crippen molar-refractivity contribution < 1.29 is 0 Å². The molecule has 0 aromatic rings. The lowest BCUT2D eigenvalue weighted by Crippen LogP contribution is -2.49. The molecule has 0 N–H and O–H groups in total. The van der Waals surface area contributed by atoms with E-state index in [9.17, 15) is 0 Å². The van der Waals surface area contributed by atoms with Gasteiger partial charge in [-0.3, -0.25) is 0 Å². The average Bonchev–Trinajstić information content (AvgIpc) is 2.43. The fourth-order valence-electron chi connectivity index (χ4n) is 4.89. The fourth-order valence-corrected chi connectivity index (χ4v) is 4.89. The van der Waals surface area contributed by atoms with Crippen LogP contribution in [0.3, 0.4) is 0 Å². The summed E-state index contributed by atoms with van der Waals surface area (Å²) in [6.45, 7) is 5.09. The number of nitrogens with zero attached hydrogens (tertiary/aromatic N) is 2. The van der Waals surface area contributed by atoms with Gasteiger partial charge >= 0.3 is 0 Å². The third kappa shape index (κ3) is 5.25. The normalized spacial score (nSPS) is 34.1. The molecule has 0 aromatic heterocycles. The van der Waals surface area contributed by atoms with Gasteiger partial charge in [0.1, 0.15) is 0 Å². The summed E-state index contributed by atoms with van der Waals surface area (Å²) < 4.78 is 0. The minimum Gasteiger partial charge on any atom is -0.309 e. The minimum absolute atomic E-state index is 0.904. The Bertz CT molecular complexity index is 289. The lowest BCUT2D eigenvalue weighted by molar-refractivity contribution is 0.0184. The summed E-state index contributed by atoms with van der Waals surface area (Å²) in [7, 11) is 6.74. The largest absolute Gasteiger partial charge is 0.309 e. The van der Waals surface area contributed by atoms with Gasteiger partial charge in [0.2, 0.25) is 0 Å². The van der Waals surface area contributed by atoms with Crippen LogP contribution in [0.4, 0.5) is 0 Å². The molecular weight excluding hydrogens is 256 g/mol. The van der Waals surface area contributed by atoms with E-state index in [0.717, 1.165) is 23.8 Å². The molecule has 0 unspecified atom stereocenters. The maximum Gasteiger partial charge on any atom is 0.0126 e. The highest BCUT2D eigenvalue weighted by Crippen LogP contribution is 2.43. The summed E-state index contributed by atoms with van der Waals surface area (Å²) in [5, 5.41) is 0. The van der Waals surface area contributed by atoms with Crippen molar-refractivity contribution in [1.29, 1.82) is 0 Å². The molecule has 2 nitrogen and oxygen atoms in total. The molecule has 21 heavy (non-hydrogen) atoms. The Morgan fingerprint density at radius 3 is 2.57 bits per heavy atom. The van der Waals surface area contributed by atoms with Crippen molar-refractivity contribution in [2.45, 2.75) is 70.8 Å². The van der Waals surface area contributed by atoms with E-state index >= 15 is 0 Å². The highest BCUT2D eigenvalue weighted by atomic mass is 15.1. The lowest BCUT2D eigenvalue weighted by atomic mass is 9.66. The fraction of sp³-hybridized carbons (Fsp3) is 1.00. The van der Waals surface area contributed by atoms with Crippen LogP contribution in [0.1, 0.15) is 64.7 Å². The Morgan fingerprint density at radius 2 is 1.81 bits per heavy atom. The zero-order valence-corrected chi connectivity index (χ0v) is 15.0. The molecule has 2 aliphatic rings. The van der Waals surface area contributed by atoms with Crippen LogP contribution in [-0.2, 0) is 0 Å². The van der Waals surface area contributed by atoms with Crippen molar-refractivity contribution >= 4 is 0 Å². The van der Waals surface area contributed by atoms with Crippen molar-refractivity contribution in [3.63, 3.8) is 0 Å². The number of hydrogen-bond donors (Lipinski definition) is 0. The smallest absolute Gasteiger partial charge is 0.0126 e. The molecule has 1 aliphatic heterocycles. The third-order valence-corrected chi connectivity index (χ3v) is 5.99. The molecule has 4 atom stereocenters. The first kappa shape index (κ1) is 17.3. The van der Waals surface area contributed by atoms with E-state index < -0.39 is 0 Å². The number of piperidine rings is 1. The number of unbranched alkanes of at least 4 members (excludes halogenated alkanes) is 3. The predicted octanol–water partition coefficient (Wildman–Crippen LogP) is 4.26. The number of hydrogen-bond acceptors (Lipinski definition) is 2. The molecule has 1 aliphatic carbocycles. The Balaban J connectivity index is 1.71. The maximum atomic E-state index is 2.67. The van der Waals surface area contributed by atoms with Crippen molar-refractivity contribution in [1.82, 2.24) is 9.80 Å². The van der Waals surface area contributed by atoms with Crippen LogP contribution in [-0.4, -0.2) is 50.1 Å². The Kier molecular flexibility index (Phi) is 7.01. The Labute approximate surface area is 133 Å². The van der Waals surface area contributed by atoms with Gasteiger partial charge in [-0.25, -0.2) is 0 Å². The van der Waals surface area contributed by atoms with Crippen molar-refractivity contribution in [3.05, 3.63) is 0 Å². The topological polar surface area (TPSA) is 6.48 Å². The highest BCUT2D eigenvalue weighted by Gasteiger charge is 2.39. The van der Waals surface area contributed by atoms with Gasteiger partial charge in [-0.1, -0.05) is 32.6 Å². The predicted molar refractivity (Wildman–Crippen MR) is 92.7 cm³/mol. The third-order valence-electron chi connectivity index (χ3n) is 5.99. The van der Waals surface area contributed by atoms with E-state index in [2.05, 4.69) is 37.9 Å². The summed E-state index contributed by atoms with van der Waals surface area (Å²) in [6.07, 6.45) is 13.1. The average molecular weight is 295 g/mol. The molecule has 0 aromatic carbocycles. The van der Waals surface area contributed by atoms with Gasteiger partial charge in [0.25, 0.3) is 0 Å². The van der Waals surface area contributed by atoms with Gasteiger partial charge in [0.05, 0.1) is 0 Å². The summed E-state index contributed by atoms with van der Waals surface area (Å²) in [6, 6.07) is 0.904. The van der Waals surface area contributed by atoms with E-state index in [-0.39, 0.29) is 0 Å². The van der Waals surface area contributed by atoms with E-state index in [1.807, 2.05) is 0 Å². The van der Waals surface area contributed by atoms with Gasteiger partial charge in [-0.15, -0.1) is 0 Å². The summed E-state index contributed by atoms with van der Waals surface area (Å²) in [5.74, 6) is 2.99. The molecule has 2 fully saturated rings. The summed E-state index contributed by atoms with van der Waals surface area (Å²) in [4.78, 5) is 4.99. The van der Waals surface area contributed by atoms with Crippen molar-refractivity contribution in [2.75, 3.05) is 34.2 Å². The standard InChI is InChI=1S/C19H38N2/c1-16-14-17(10-7-5-6-8-12-20(2)3)18-11-9-13-21(4)19(18)15-16/h16-19H,5-15H2,1-4H3/t16-,17+,18-,19-/m1/s1. The zero-order valence-electron chi connectivity index (χ0n) is 15.0. The van der Waals surface area contributed by atoms with Gasteiger partial charge < -0.3 is 9.80 Å². The first-order chi connectivity index (χ1) is 10.1. The van der Waals surface area contributed by atoms with Crippen LogP contribution in [0, 0.1) is 17.8 Å². The van der Waals surface area contributed by atoms with E-state index in [4.69, 9.17) is 0 Å².